The van der Waals surface area contributed by atoms with Crippen LogP contribution in [-0.4, -0.2) is 27.8 Å². The number of ketones is 1. The number of benzene rings is 3. The third kappa shape index (κ3) is 3.87. The second kappa shape index (κ2) is 8.82. The maximum Gasteiger partial charge on any atom is 0.295 e. The highest BCUT2D eigenvalue weighted by atomic mass is 16.5. The average molecular weight is 454 g/mol. The molecular formula is C29H27NO4. The van der Waals surface area contributed by atoms with E-state index in [1.807, 2.05) is 73.7 Å². The van der Waals surface area contributed by atoms with E-state index in [1.54, 1.807) is 11.0 Å². The summed E-state index contributed by atoms with van der Waals surface area (Å²) in [5, 5.41) is 11.4. The molecular weight excluding hydrogens is 426 g/mol. The number of fused-ring (bicyclic) bond motifs is 1. The number of likely N-dealkylation sites (tertiary alicyclic amines) is 1. The molecule has 172 valence electrons. The van der Waals surface area contributed by atoms with Gasteiger partial charge in [-0.1, -0.05) is 61.5 Å². The van der Waals surface area contributed by atoms with Crippen LogP contribution in [0.25, 0.3) is 5.76 Å². The normalized spacial score (nSPS) is 20.9. The van der Waals surface area contributed by atoms with Crippen LogP contribution in [-0.2, 0) is 29.0 Å². The molecule has 3 aromatic rings. The molecule has 0 radical (unpaired) electrons. The molecule has 5 rings (SSSR count). The average Bonchev–Trinajstić information content (AvgIpc) is 3.35. The largest absolute Gasteiger partial charge is 0.507 e. The van der Waals surface area contributed by atoms with Gasteiger partial charge in [-0.25, -0.2) is 0 Å². The van der Waals surface area contributed by atoms with Gasteiger partial charge >= 0.3 is 0 Å². The van der Waals surface area contributed by atoms with Gasteiger partial charge < -0.3 is 14.7 Å². The first kappa shape index (κ1) is 22.0. The smallest absolute Gasteiger partial charge is 0.295 e. The summed E-state index contributed by atoms with van der Waals surface area (Å²) < 4.78 is 5.77. The summed E-state index contributed by atoms with van der Waals surface area (Å²) in [6.07, 6.45) is 1.70. The third-order valence-electron chi connectivity index (χ3n) is 6.61. The van der Waals surface area contributed by atoms with Gasteiger partial charge in [0.15, 0.2) is 0 Å². The van der Waals surface area contributed by atoms with Crippen molar-refractivity contribution in [2.45, 2.75) is 45.4 Å². The SMILES string of the molecule is CCc1ccc([C@H]2C(=C(O)c3ccc4c(c3)C[C@@H](C)O4)C(=O)C(=O)N2Cc2ccccc2)cc1. The van der Waals surface area contributed by atoms with Crippen LogP contribution in [0.4, 0.5) is 0 Å². The summed E-state index contributed by atoms with van der Waals surface area (Å²) in [6, 6.07) is 22.2. The Bertz CT molecular complexity index is 1280. The van der Waals surface area contributed by atoms with Gasteiger partial charge in [-0.15, -0.1) is 0 Å². The first-order valence-corrected chi connectivity index (χ1v) is 11.7. The molecule has 0 bridgehead atoms. The molecule has 0 aliphatic carbocycles. The molecule has 1 fully saturated rings. The molecule has 0 saturated carbocycles. The molecule has 1 amide bonds. The third-order valence-corrected chi connectivity index (χ3v) is 6.61. The molecule has 5 heteroatoms. The van der Waals surface area contributed by atoms with E-state index in [0.29, 0.717) is 5.56 Å². The second-order valence-corrected chi connectivity index (χ2v) is 8.96. The summed E-state index contributed by atoms with van der Waals surface area (Å²) >= 11 is 0. The lowest BCUT2D eigenvalue weighted by atomic mass is 9.93. The number of aliphatic hydroxyl groups excluding tert-OH is 1. The molecule has 2 atom stereocenters. The Balaban J connectivity index is 1.62. The predicted molar refractivity (Wildman–Crippen MR) is 130 cm³/mol. The van der Waals surface area contributed by atoms with E-state index in [1.165, 1.54) is 0 Å². The van der Waals surface area contributed by atoms with E-state index in [4.69, 9.17) is 4.74 Å². The zero-order valence-electron chi connectivity index (χ0n) is 19.3. The van der Waals surface area contributed by atoms with E-state index < -0.39 is 17.7 Å². The van der Waals surface area contributed by atoms with Crippen LogP contribution in [0.15, 0.2) is 78.4 Å². The van der Waals surface area contributed by atoms with E-state index >= 15 is 0 Å². The Morgan fingerprint density at radius 3 is 2.44 bits per heavy atom. The fourth-order valence-corrected chi connectivity index (χ4v) is 4.83. The lowest BCUT2D eigenvalue weighted by Gasteiger charge is -2.25. The molecule has 0 aromatic heterocycles. The lowest BCUT2D eigenvalue weighted by molar-refractivity contribution is -0.140. The number of carbonyl (C=O) groups excluding carboxylic acids is 2. The van der Waals surface area contributed by atoms with Crippen molar-refractivity contribution in [3.8, 4) is 5.75 Å². The van der Waals surface area contributed by atoms with E-state index in [-0.39, 0.29) is 24.0 Å². The number of hydrogen-bond acceptors (Lipinski definition) is 4. The van der Waals surface area contributed by atoms with Gasteiger partial charge in [-0.3, -0.25) is 9.59 Å². The Hall–Kier alpha value is -3.86. The van der Waals surface area contributed by atoms with Crippen LogP contribution in [0.1, 0.15) is 47.7 Å². The summed E-state index contributed by atoms with van der Waals surface area (Å²) in [4.78, 5) is 28.0. The number of carbonyl (C=O) groups is 2. The van der Waals surface area contributed by atoms with Gasteiger partial charge in [0, 0.05) is 18.5 Å². The van der Waals surface area contributed by atoms with Crippen LogP contribution < -0.4 is 4.74 Å². The Morgan fingerprint density at radius 2 is 1.74 bits per heavy atom. The second-order valence-electron chi connectivity index (χ2n) is 8.96. The number of aryl methyl sites for hydroxylation is 1. The summed E-state index contributed by atoms with van der Waals surface area (Å²) in [5.74, 6) is -0.627. The van der Waals surface area contributed by atoms with Gasteiger partial charge in [-0.2, -0.15) is 0 Å². The van der Waals surface area contributed by atoms with Crippen LogP contribution >= 0.6 is 0 Å². The van der Waals surface area contributed by atoms with Crippen molar-refractivity contribution in [3.05, 3.63) is 106 Å². The zero-order chi connectivity index (χ0) is 23.8. The lowest BCUT2D eigenvalue weighted by Crippen LogP contribution is -2.29. The van der Waals surface area contributed by atoms with E-state index in [0.717, 1.165) is 40.8 Å². The van der Waals surface area contributed by atoms with Crippen molar-refractivity contribution < 1.29 is 19.4 Å². The predicted octanol–water partition coefficient (Wildman–Crippen LogP) is 5.19. The number of rotatable bonds is 5. The molecule has 2 heterocycles. The van der Waals surface area contributed by atoms with Crippen molar-refractivity contribution in [1.29, 1.82) is 0 Å². The molecule has 1 saturated heterocycles. The first-order chi connectivity index (χ1) is 16.5. The minimum absolute atomic E-state index is 0.0703. The minimum Gasteiger partial charge on any atom is -0.507 e. The Kier molecular flexibility index (Phi) is 5.70. The van der Waals surface area contributed by atoms with Gasteiger partial charge in [-0.05, 0) is 53.8 Å². The van der Waals surface area contributed by atoms with Gasteiger partial charge in [0.25, 0.3) is 11.7 Å². The summed E-state index contributed by atoms with van der Waals surface area (Å²) in [7, 11) is 0. The van der Waals surface area contributed by atoms with Crippen molar-refractivity contribution in [2.75, 3.05) is 0 Å². The van der Waals surface area contributed by atoms with Crippen molar-refractivity contribution >= 4 is 17.4 Å². The summed E-state index contributed by atoms with van der Waals surface area (Å²) in [5.41, 5.74) is 4.51. The maximum absolute atomic E-state index is 13.3. The molecule has 2 aliphatic rings. The number of Topliss-reactive ketones (excluding diaryl/α,β-unsaturated/α-hetero) is 1. The zero-order valence-corrected chi connectivity index (χ0v) is 19.3. The number of aliphatic hydroxyl groups is 1. The quantitative estimate of drug-likeness (QED) is 0.328. The molecule has 1 N–H and O–H groups in total. The fourth-order valence-electron chi connectivity index (χ4n) is 4.83. The molecule has 34 heavy (non-hydrogen) atoms. The first-order valence-electron chi connectivity index (χ1n) is 11.7. The van der Waals surface area contributed by atoms with Crippen LogP contribution in [0.3, 0.4) is 0 Å². The highest BCUT2D eigenvalue weighted by Crippen LogP contribution is 2.41. The highest BCUT2D eigenvalue weighted by molar-refractivity contribution is 6.46. The number of amides is 1. The van der Waals surface area contributed by atoms with Crippen LogP contribution in [0, 0.1) is 0 Å². The van der Waals surface area contributed by atoms with Crippen molar-refractivity contribution in [2.24, 2.45) is 0 Å². The molecule has 2 aliphatic heterocycles. The number of hydrogen-bond donors (Lipinski definition) is 1. The van der Waals surface area contributed by atoms with Crippen LogP contribution in [0.2, 0.25) is 0 Å². The Labute approximate surface area is 199 Å². The maximum atomic E-state index is 13.3. The minimum atomic E-state index is -0.672. The number of ether oxygens (including phenoxy) is 1. The standard InChI is InChI=1S/C29H27NO4/c1-3-19-9-11-21(12-10-19)26-25(27(31)22-13-14-24-23(16-22)15-18(2)34-24)28(32)29(33)30(26)17-20-7-5-4-6-8-20/h4-14,16,18,26,31H,3,15,17H2,1-2H3/t18-,26+/m1/s1. The monoisotopic (exact) mass is 453 g/mol. The van der Waals surface area contributed by atoms with Gasteiger partial charge in [0.05, 0.1) is 11.6 Å². The fraction of sp³-hybridized carbons (Fsp3) is 0.241. The van der Waals surface area contributed by atoms with E-state index in [9.17, 15) is 14.7 Å². The van der Waals surface area contributed by atoms with Crippen LogP contribution in [0.5, 0.6) is 5.75 Å². The van der Waals surface area contributed by atoms with Gasteiger partial charge in [0.2, 0.25) is 0 Å². The molecule has 5 nitrogen and oxygen atoms in total. The number of nitrogens with zero attached hydrogens (tertiary/aromatic N) is 1. The summed E-state index contributed by atoms with van der Waals surface area (Å²) in [6.45, 7) is 4.35. The van der Waals surface area contributed by atoms with Crippen molar-refractivity contribution in [3.63, 3.8) is 0 Å². The molecule has 3 aromatic carbocycles. The molecule has 0 unspecified atom stereocenters. The van der Waals surface area contributed by atoms with Gasteiger partial charge in [0.1, 0.15) is 17.6 Å². The topological polar surface area (TPSA) is 66.8 Å². The van der Waals surface area contributed by atoms with Crippen molar-refractivity contribution in [1.82, 2.24) is 4.90 Å². The Morgan fingerprint density at radius 1 is 1.00 bits per heavy atom. The van der Waals surface area contributed by atoms with E-state index in [2.05, 4.69) is 6.92 Å². The molecule has 0 spiro atoms. The highest BCUT2D eigenvalue weighted by Gasteiger charge is 2.46.